The molecule has 3 aromatic rings. The van der Waals surface area contributed by atoms with E-state index in [0.717, 1.165) is 13.8 Å². The summed E-state index contributed by atoms with van der Waals surface area (Å²) in [6, 6.07) is 11.7. The van der Waals surface area contributed by atoms with Gasteiger partial charge in [-0.15, -0.1) is 18.7 Å². The molecular formula is C23H21BrF5N5O2. The van der Waals surface area contributed by atoms with Crippen molar-refractivity contribution in [2.45, 2.75) is 31.7 Å². The summed E-state index contributed by atoms with van der Waals surface area (Å²) in [6.07, 6.45) is -3.21. The van der Waals surface area contributed by atoms with Crippen molar-refractivity contribution in [2.24, 2.45) is 7.05 Å². The van der Waals surface area contributed by atoms with Gasteiger partial charge in [-0.1, -0.05) is 15.9 Å². The number of alkyl halides is 5. The van der Waals surface area contributed by atoms with Crippen LogP contribution in [-0.4, -0.2) is 26.9 Å². The molecular weight excluding hydrogens is 553 g/mol. The van der Waals surface area contributed by atoms with Crippen molar-refractivity contribution in [3.05, 3.63) is 70.5 Å². The summed E-state index contributed by atoms with van der Waals surface area (Å²) < 4.78 is 73.0. The van der Waals surface area contributed by atoms with E-state index in [9.17, 15) is 27.1 Å². The number of hydrogen-bond acceptors (Lipinski definition) is 6. The van der Waals surface area contributed by atoms with Crippen LogP contribution in [0, 0.1) is 0 Å². The number of aromatic nitrogens is 2. The van der Waals surface area contributed by atoms with Crippen LogP contribution in [0.3, 0.4) is 0 Å². The zero-order chi connectivity index (χ0) is 26.5. The average Bonchev–Trinajstić information content (AvgIpc) is 3.40. The minimum atomic E-state index is -4.81. The standard InChI is InChI=1S/C23H21BrF5N5O2/c1-21(2,35)22(25,26)20-11-17(33(3)31-20)16-9-6-14(24)10-18(16)34-19(12-30-32-34)13-4-7-15(8-5-13)36-23(27,28)29/h4-12,30,32,35H,1-3H3. The van der Waals surface area contributed by atoms with Crippen LogP contribution in [0.2, 0.25) is 0 Å². The average molecular weight is 574 g/mol. The van der Waals surface area contributed by atoms with Gasteiger partial charge in [-0.05, 0) is 62.4 Å². The molecule has 0 unspecified atom stereocenters. The van der Waals surface area contributed by atoms with Crippen LogP contribution >= 0.6 is 15.9 Å². The normalized spacial score (nSPS) is 14.6. The number of nitrogens with zero attached hydrogens (tertiary/aromatic N) is 3. The maximum Gasteiger partial charge on any atom is 0.573 e. The predicted octanol–water partition coefficient (Wildman–Crippen LogP) is 5.44. The van der Waals surface area contributed by atoms with Gasteiger partial charge in [-0.25, -0.2) is 0 Å². The molecule has 0 bridgehead atoms. The highest BCUT2D eigenvalue weighted by Gasteiger charge is 2.49. The number of halogens is 6. The van der Waals surface area contributed by atoms with E-state index in [1.165, 1.54) is 42.1 Å². The highest BCUT2D eigenvalue weighted by Crippen LogP contribution is 2.42. The van der Waals surface area contributed by atoms with E-state index in [1.807, 2.05) is 0 Å². The molecule has 3 N–H and O–H groups in total. The van der Waals surface area contributed by atoms with Gasteiger partial charge < -0.3 is 15.3 Å². The van der Waals surface area contributed by atoms with Crippen LogP contribution in [0.4, 0.5) is 27.6 Å². The molecule has 0 spiro atoms. The van der Waals surface area contributed by atoms with Crippen LogP contribution in [0.1, 0.15) is 25.1 Å². The summed E-state index contributed by atoms with van der Waals surface area (Å²) in [6.45, 7) is 2.02. The summed E-state index contributed by atoms with van der Waals surface area (Å²) >= 11 is 3.42. The third-order valence-corrected chi connectivity index (χ3v) is 5.95. The van der Waals surface area contributed by atoms with E-state index < -0.39 is 23.6 Å². The van der Waals surface area contributed by atoms with Crippen LogP contribution in [0.25, 0.3) is 17.0 Å². The molecule has 13 heteroatoms. The number of hydrogen-bond donors (Lipinski definition) is 3. The van der Waals surface area contributed by atoms with Crippen LogP contribution in [0.15, 0.2) is 59.2 Å². The van der Waals surface area contributed by atoms with Gasteiger partial charge in [0.05, 0.1) is 17.1 Å². The fourth-order valence-corrected chi connectivity index (χ4v) is 3.96. The Labute approximate surface area is 211 Å². The molecule has 1 aromatic heterocycles. The van der Waals surface area contributed by atoms with Crippen molar-refractivity contribution in [2.75, 3.05) is 5.01 Å². The Morgan fingerprint density at radius 1 is 1.00 bits per heavy atom. The highest BCUT2D eigenvalue weighted by molar-refractivity contribution is 9.10. The second-order valence-electron chi connectivity index (χ2n) is 8.53. The maximum absolute atomic E-state index is 14.8. The Morgan fingerprint density at radius 2 is 1.67 bits per heavy atom. The number of hydrazine groups is 2. The molecule has 1 aliphatic rings. The molecule has 36 heavy (non-hydrogen) atoms. The molecule has 0 atom stereocenters. The first-order chi connectivity index (χ1) is 16.7. The maximum atomic E-state index is 14.8. The molecule has 4 rings (SSSR count). The summed E-state index contributed by atoms with van der Waals surface area (Å²) in [5, 5.41) is 15.5. The molecule has 1 aliphatic heterocycles. The van der Waals surface area contributed by atoms with Crippen LogP contribution in [0.5, 0.6) is 5.75 Å². The van der Waals surface area contributed by atoms with Gasteiger partial charge in [0.2, 0.25) is 0 Å². The first-order valence-corrected chi connectivity index (χ1v) is 11.3. The predicted molar refractivity (Wildman–Crippen MR) is 126 cm³/mol. The second kappa shape index (κ2) is 9.05. The van der Waals surface area contributed by atoms with Gasteiger partial charge in [0.15, 0.2) is 0 Å². The molecule has 0 amide bonds. The summed E-state index contributed by atoms with van der Waals surface area (Å²) in [5.74, 6) is -3.98. The van der Waals surface area contributed by atoms with E-state index in [4.69, 9.17) is 0 Å². The molecule has 0 radical (unpaired) electrons. The zero-order valence-corrected chi connectivity index (χ0v) is 20.7. The lowest BCUT2D eigenvalue weighted by Gasteiger charge is -2.27. The van der Waals surface area contributed by atoms with Gasteiger partial charge in [-0.3, -0.25) is 9.69 Å². The lowest BCUT2D eigenvalue weighted by molar-refractivity contribution is -0.274. The fraction of sp³-hybridized carbons (Fsp3) is 0.261. The number of benzene rings is 2. The van der Waals surface area contributed by atoms with Gasteiger partial charge in [0.25, 0.3) is 0 Å². The van der Waals surface area contributed by atoms with Crippen LogP contribution in [-0.2, 0) is 13.0 Å². The number of nitrogens with one attached hydrogen (secondary N) is 2. The smallest absolute Gasteiger partial charge is 0.406 e. The van der Waals surface area contributed by atoms with Crippen molar-refractivity contribution < 1.29 is 31.8 Å². The van der Waals surface area contributed by atoms with Crippen LogP contribution < -0.4 is 20.7 Å². The van der Waals surface area contributed by atoms with Gasteiger partial charge in [0, 0.05) is 28.8 Å². The quantitative estimate of drug-likeness (QED) is 0.341. The lowest BCUT2D eigenvalue weighted by Crippen LogP contribution is -2.40. The molecule has 2 heterocycles. The first-order valence-electron chi connectivity index (χ1n) is 10.5. The molecule has 0 saturated heterocycles. The molecule has 2 aromatic carbocycles. The lowest BCUT2D eigenvalue weighted by atomic mass is 9.97. The molecule has 0 aliphatic carbocycles. The van der Waals surface area contributed by atoms with Crippen molar-refractivity contribution in [3.8, 4) is 17.0 Å². The first kappa shape index (κ1) is 25.9. The van der Waals surface area contributed by atoms with Crippen molar-refractivity contribution in [1.29, 1.82) is 0 Å². The van der Waals surface area contributed by atoms with Gasteiger partial charge in [-0.2, -0.15) is 13.9 Å². The second-order valence-corrected chi connectivity index (χ2v) is 9.44. The Kier molecular flexibility index (Phi) is 6.52. The van der Waals surface area contributed by atoms with Gasteiger partial charge >= 0.3 is 12.3 Å². The van der Waals surface area contributed by atoms with E-state index >= 15 is 0 Å². The summed E-state index contributed by atoms with van der Waals surface area (Å²) in [5.41, 5.74) is 5.33. The number of aryl methyl sites for hydroxylation is 1. The Bertz CT molecular complexity index is 1300. The highest BCUT2D eigenvalue weighted by atomic mass is 79.9. The molecule has 192 valence electrons. The Morgan fingerprint density at radius 3 is 2.28 bits per heavy atom. The van der Waals surface area contributed by atoms with Crippen molar-refractivity contribution >= 4 is 27.3 Å². The minimum Gasteiger partial charge on any atom is -0.406 e. The number of rotatable bonds is 6. The molecule has 0 fully saturated rings. The minimum absolute atomic E-state index is 0.346. The van der Waals surface area contributed by atoms with E-state index in [0.29, 0.717) is 32.7 Å². The molecule has 7 nitrogen and oxygen atoms in total. The molecule has 0 saturated carbocycles. The SMILES string of the molecule is Cn1nc(C(F)(F)C(C)(C)O)cc1-c1ccc(Br)cc1N1NNC=C1c1ccc(OC(F)(F)F)cc1. The number of aliphatic hydroxyl groups is 1. The fourth-order valence-electron chi connectivity index (χ4n) is 3.61. The third kappa shape index (κ3) is 5.04. The number of anilines is 1. The largest absolute Gasteiger partial charge is 0.573 e. The topological polar surface area (TPSA) is 74.6 Å². The summed E-state index contributed by atoms with van der Waals surface area (Å²) in [7, 11) is 1.51. The third-order valence-electron chi connectivity index (χ3n) is 5.46. The van der Waals surface area contributed by atoms with E-state index in [-0.39, 0.29) is 5.75 Å². The van der Waals surface area contributed by atoms with E-state index in [2.05, 4.69) is 36.7 Å². The summed E-state index contributed by atoms with van der Waals surface area (Å²) in [4.78, 5) is 0. The zero-order valence-electron chi connectivity index (χ0n) is 19.2. The van der Waals surface area contributed by atoms with Crippen molar-refractivity contribution in [1.82, 2.24) is 20.7 Å². The Balaban J connectivity index is 1.73. The number of ether oxygens (including phenoxy) is 1. The monoisotopic (exact) mass is 573 g/mol. The van der Waals surface area contributed by atoms with Crippen molar-refractivity contribution in [3.63, 3.8) is 0 Å². The van der Waals surface area contributed by atoms with Gasteiger partial charge in [0.1, 0.15) is 17.0 Å². The van der Waals surface area contributed by atoms with E-state index in [1.54, 1.807) is 29.4 Å². The Hall–Kier alpha value is -3.16.